The molecule has 2 unspecified atom stereocenters. The first-order valence-electron chi connectivity index (χ1n) is 9.58. The number of benzene rings is 1. The fourth-order valence-corrected chi connectivity index (χ4v) is 5.95. The molecule has 3 aliphatic rings. The van der Waals surface area contributed by atoms with Crippen molar-refractivity contribution in [1.29, 1.82) is 10.5 Å². The van der Waals surface area contributed by atoms with Crippen LogP contribution < -0.4 is 4.74 Å². The topological polar surface area (TPSA) is 82.2 Å². The van der Waals surface area contributed by atoms with Crippen LogP contribution in [0.4, 0.5) is 0 Å². The normalized spacial score (nSPS) is 31.9. The van der Waals surface area contributed by atoms with E-state index in [0.29, 0.717) is 35.2 Å². The van der Waals surface area contributed by atoms with E-state index in [1.54, 1.807) is 43.8 Å². The summed E-state index contributed by atoms with van der Waals surface area (Å²) < 4.78 is 10.9. The minimum atomic E-state index is -1.80. The summed E-state index contributed by atoms with van der Waals surface area (Å²) in [7, 11) is 1.56. The molecule has 6 nitrogen and oxygen atoms in total. The molecule has 5 rings (SSSR count). The Hall–Kier alpha value is -2.51. The van der Waals surface area contributed by atoms with Gasteiger partial charge in [0.15, 0.2) is 5.00 Å². The molecule has 4 heterocycles. The summed E-state index contributed by atoms with van der Waals surface area (Å²) in [5, 5.41) is 20.6. The van der Waals surface area contributed by atoms with E-state index in [-0.39, 0.29) is 17.3 Å². The van der Waals surface area contributed by atoms with E-state index in [1.165, 1.54) is 0 Å². The summed E-state index contributed by atoms with van der Waals surface area (Å²) in [6.45, 7) is 4.47. The molecule has 0 amide bonds. The monoisotopic (exact) mass is 442 g/mol. The van der Waals surface area contributed by atoms with Crippen molar-refractivity contribution in [1.82, 2.24) is 9.88 Å². The lowest BCUT2D eigenvalue weighted by Gasteiger charge is -2.59. The Balaban J connectivity index is 1.97. The van der Waals surface area contributed by atoms with Crippen LogP contribution in [0.15, 0.2) is 43.1 Å². The number of hydrogen-bond acceptors (Lipinski definition) is 6. The molecule has 154 valence electrons. The van der Waals surface area contributed by atoms with Gasteiger partial charge in [-0.05, 0) is 48.9 Å². The molecule has 2 bridgehead atoms. The number of halogens is 2. The van der Waals surface area contributed by atoms with Gasteiger partial charge in [0.25, 0.3) is 11.9 Å². The Bertz CT molecular complexity index is 1080. The number of methoxy groups -OCH3 is 1. The second-order valence-electron chi connectivity index (χ2n) is 7.67. The highest BCUT2D eigenvalue weighted by molar-refractivity contribution is 6.26. The molecule has 30 heavy (non-hydrogen) atoms. The van der Waals surface area contributed by atoms with Gasteiger partial charge in [-0.2, -0.15) is 10.5 Å². The molecular formula is C22H20Cl2N4O2. The average Bonchev–Trinajstić information content (AvgIpc) is 2.76. The summed E-state index contributed by atoms with van der Waals surface area (Å²) in [6, 6.07) is 9.25. The number of aromatic nitrogens is 1. The highest BCUT2D eigenvalue weighted by Gasteiger charge is 2.65. The quantitative estimate of drug-likeness (QED) is 0.293. The molecule has 2 aromatic rings. The summed E-state index contributed by atoms with van der Waals surface area (Å²) >= 11 is 13.9. The number of rotatable bonds is 5. The largest absolute Gasteiger partial charge is 0.497 e. The lowest BCUT2D eigenvalue weighted by atomic mass is 9.69. The number of nitrogens with zero attached hydrogens (tertiary/aromatic N) is 4. The Morgan fingerprint density at radius 1 is 1.40 bits per heavy atom. The SMILES string of the molecule is C=C[C@H]1CN2C(Cl)C[C@H]1C[C@@]2(Cl)[C@](C#N)(OC#N)c1ccnc2ccc(OC)cc12. The van der Waals surface area contributed by atoms with Crippen LogP contribution in [0.25, 0.3) is 10.9 Å². The number of hydrogen-bond donors (Lipinski definition) is 0. The van der Waals surface area contributed by atoms with Gasteiger partial charge in [0.1, 0.15) is 11.8 Å². The van der Waals surface area contributed by atoms with Gasteiger partial charge < -0.3 is 9.47 Å². The molecule has 8 heteroatoms. The van der Waals surface area contributed by atoms with Gasteiger partial charge >= 0.3 is 0 Å². The Morgan fingerprint density at radius 3 is 2.83 bits per heavy atom. The van der Waals surface area contributed by atoms with Gasteiger partial charge in [-0.15, -0.1) is 18.2 Å². The first-order chi connectivity index (χ1) is 14.4. The van der Waals surface area contributed by atoms with E-state index in [2.05, 4.69) is 17.6 Å². The number of pyridine rings is 1. The fourth-order valence-electron chi connectivity index (χ4n) is 4.86. The maximum atomic E-state index is 10.4. The number of alkyl halides is 2. The predicted octanol–water partition coefficient (Wildman–Crippen LogP) is 4.49. The van der Waals surface area contributed by atoms with E-state index in [9.17, 15) is 10.5 Å². The van der Waals surface area contributed by atoms with Crippen molar-refractivity contribution in [2.24, 2.45) is 11.8 Å². The second-order valence-corrected chi connectivity index (χ2v) is 8.80. The van der Waals surface area contributed by atoms with Crippen molar-refractivity contribution in [2.75, 3.05) is 13.7 Å². The number of fused-ring (bicyclic) bond motifs is 4. The van der Waals surface area contributed by atoms with Crippen LogP contribution in [-0.2, 0) is 10.3 Å². The third-order valence-corrected chi connectivity index (χ3v) is 7.41. The van der Waals surface area contributed by atoms with Crippen LogP contribution >= 0.6 is 23.2 Å². The standard InChI is InChI=1S/C22H20Cl2N4O2/c1-3-14-11-28-20(23)8-15(14)10-22(28,24)21(12-25,30-13-26)18-6-7-27-19-5-4-16(29-2)9-17(18)19/h3-7,9,14-15,20H,1,8,10-11H2,2H3/t14-,15-,20?,21+,22-/m0/s1. The molecule has 0 N–H and O–H groups in total. The minimum Gasteiger partial charge on any atom is -0.497 e. The van der Waals surface area contributed by atoms with Crippen LogP contribution in [0.3, 0.4) is 0 Å². The summed E-state index contributed by atoms with van der Waals surface area (Å²) in [6.07, 6.45) is 6.37. The lowest BCUT2D eigenvalue weighted by Crippen LogP contribution is -2.69. The Morgan fingerprint density at radius 2 is 2.20 bits per heavy atom. The predicted molar refractivity (Wildman–Crippen MR) is 114 cm³/mol. The summed E-state index contributed by atoms with van der Waals surface area (Å²) in [5.41, 5.74) is -1.08. The smallest absolute Gasteiger partial charge is 0.288 e. The van der Waals surface area contributed by atoms with Gasteiger partial charge in [-0.25, -0.2) is 0 Å². The van der Waals surface area contributed by atoms with E-state index >= 15 is 0 Å². The lowest BCUT2D eigenvalue weighted by molar-refractivity contribution is -0.114. The Kier molecular flexibility index (Phi) is 5.28. The number of nitriles is 2. The molecule has 3 saturated heterocycles. The summed E-state index contributed by atoms with van der Waals surface area (Å²) in [5.74, 6) is 0.932. The van der Waals surface area contributed by atoms with Crippen LogP contribution in [0, 0.1) is 34.7 Å². The molecule has 0 aliphatic carbocycles. The van der Waals surface area contributed by atoms with Crippen molar-refractivity contribution in [2.45, 2.75) is 28.9 Å². The van der Waals surface area contributed by atoms with Crippen molar-refractivity contribution < 1.29 is 9.47 Å². The molecular weight excluding hydrogens is 423 g/mol. The van der Waals surface area contributed by atoms with E-state index in [1.807, 2.05) is 11.0 Å². The zero-order valence-electron chi connectivity index (χ0n) is 16.4. The van der Waals surface area contributed by atoms with Crippen LogP contribution in [-0.4, -0.2) is 34.0 Å². The van der Waals surface area contributed by atoms with Crippen molar-refractivity contribution in [3.63, 3.8) is 0 Å². The van der Waals surface area contributed by atoms with Gasteiger partial charge in [0.2, 0.25) is 0 Å². The van der Waals surface area contributed by atoms with Crippen molar-refractivity contribution >= 4 is 34.1 Å². The first kappa shape index (κ1) is 20.8. The summed E-state index contributed by atoms with van der Waals surface area (Å²) in [4.78, 5) is 4.91. The van der Waals surface area contributed by atoms with Crippen molar-refractivity contribution in [3.05, 3.63) is 48.7 Å². The molecule has 1 aromatic heterocycles. The maximum absolute atomic E-state index is 10.4. The average molecular weight is 443 g/mol. The van der Waals surface area contributed by atoms with Crippen molar-refractivity contribution in [3.8, 4) is 18.1 Å². The number of ether oxygens (including phenoxy) is 2. The third-order valence-electron chi connectivity index (χ3n) is 6.36. The van der Waals surface area contributed by atoms with Gasteiger partial charge in [0, 0.05) is 23.7 Å². The van der Waals surface area contributed by atoms with E-state index in [0.717, 1.165) is 6.42 Å². The van der Waals surface area contributed by atoms with E-state index < -0.39 is 10.6 Å². The molecule has 3 aliphatic heterocycles. The molecule has 3 fully saturated rings. The highest BCUT2D eigenvalue weighted by atomic mass is 35.5. The molecule has 1 aromatic carbocycles. The highest BCUT2D eigenvalue weighted by Crippen LogP contribution is 2.57. The molecule has 0 spiro atoms. The van der Waals surface area contributed by atoms with E-state index in [4.69, 9.17) is 32.7 Å². The maximum Gasteiger partial charge on any atom is 0.288 e. The fraction of sp³-hybridized carbons (Fsp3) is 0.409. The van der Waals surface area contributed by atoms with Crippen LogP contribution in [0.1, 0.15) is 18.4 Å². The van der Waals surface area contributed by atoms with Crippen LogP contribution in [0.2, 0.25) is 0 Å². The van der Waals surface area contributed by atoms with Gasteiger partial charge in [-0.1, -0.05) is 17.7 Å². The van der Waals surface area contributed by atoms with Crippen LogP contribution in [0.5, 0.6) is 5.75 Å². The van der Waals surface area contributed by atoms with Gasteiger partial charge in [0.05, 0.1) is 18.1 Å². The molecule has 6 atom stereocenters. The molecule has 0 radical (unpaired) electrons. The minimum absolute atomic E-state index is 0.130. The number of piperidine rings is 3. The zero-order valence-corrected chi connectivity index (χ0v) is 17.9. The third kappa shape index (κ3) is 2.83. The molecule has 0 saturated carbocycles. The second kappa shape index (κ2) is 7.63. The van der Waals surface area contributed by atoms with Gasteiger partial charge in [-0.3, -0.25) is 9.88 Å². The Labute approximate surface area is 185 Å². The first-order valence-corrected chi connectivity index (χ1v) is 10.4. The zero-order chi connectivity index (χ0) is 21.5.